The molecule has 4 heteroatoms. The topological polar surface area (TPSA) is 44.6 Å². The molecule has 0 radical (unpaired) electrons. The Labute approximate surface area is 164 Å². The molecule has 0 saturated heterocycles. The largest absolute Gasteiger partial charge is 0.508 e. The molecule has 0 amide bonds. The number of nitrogens with zero attached hydrogens (tertiary/aromatic N) is 1. The number of aryl methyl sites for hydroxylation is 1. The number of aliphatic imine (C=N–C) groups is 1. The van der Waals surface area contributed by atoms with E-state index in [2.05, 4.69) is 36.5 Å². The van der Waals surface area contributed by atoms with Gasteiger partial charge in [-0.3, -0.25) is 10.3 Å². The Morgan fingerprint density at radius 3 is 2.30 bits per heavy atom. The van der Waals surface area contributed by atoms with E-state index in [1.165, 1.54) is 5.56 Å². The molecular formula is C23H21ClN2O. The van der Waals surface area contributed by atoms with Crippen LogP contribution in [0.15, 0.2) is 77.8 Å². The lowest BCUT2D eigenvalue weighted by Gasteiger charge is -2.31. The summed E-state index contributed by atoms with van der Waals surface area (Å²) in [7, 11) is 0. The summed E-state index contributed by atoms with van der Waals surface area (Å²) in [6.07, 6.45) is 0.426. The number of phenolic OH excluding ortho intramolecular Hbond substituents is 1. The zero-order valence-corrected chi connectivity index (χ0v) is 15.8. The van der Waals surface area contributed by atoms with E-state index in [0.717, 1.165) is 22.4 Å². The van der Waals surface area contributed by atoms with Crippen molar-refractivity contribution in [2.75, 3.05) is 0 Å². The predicted octanol–water partition coefficient (Wildman–Crippen LogP) is 5.58. The van der Waals surface area contributed by atoms with Crippen LogP contribution in [0.3, 0.4) is 0 Å². The van der Waals surface area contributed by atoms with Gasteiger partial charge in [-0.2, -0.15) is 0 Å². The zero-order valence-electron chi connectivity index (χ0n) is 15.1. The van der Waals surface area contributed by atoms with Crippen molar-refractivity contribution in [3.63, 3.8) is 0 Å². The van der Waals surface area contributed by atoms with Crippen molar-refractivity contribution >= 4 is 17.3 Å². The van der Waals surface area contributed by atoms with Crippen molar-refractivity contribution in [1.29, 1.82) is 0 Å². The molecule has 0 saturated carbocycles. The Hall–Kier alpha value is -2.62. The van der Waals surface area contributed by atoms with Crippen LogP contribution in [0, 0.1) is 6.92 Å². The quantitative estimate of drug-likeness (QED) is 0.627. The van der Waals surface area contributed by atoms with Crippen LogP contribution >= 0.6 is 11.6 Å². The highest BCUT2D eigenvalue weighted by Gasteiger charge is 2.28. The van der Waals surface area contributed by atoms with Gasteiger partial charge in [-0.25, -0.2) is 0 Å². The van der Waals surface area contributed by atoms with Gasteiger partial charge in [-0.1, -0.05) is 77.8 Å². The minimum Gasteiger partial charge on any atom is -0.508 e. The molecular weight excluding hydrogens is 356 g/mol. The number of hydrogen-bond donors (Lipinski definition) is 2. The molecule has 3 nitrogen and oxygen atoms in total. The van der Waals surface area contributed by atoms with Crippen molar-refractivity contribution in [2.45, 2.75) is 25.6 Å². The molecule has 0 bridgehead atoms. The fourth-order valence-electron chi connectivity index (χ4n) is 3.47. The van der Waals surface area contributed by atoms with Gasteiger partial charge in [0.25, 0.3) is 0 Å². The summed E-state index contributed by atoms with van der Waals surface area (Å²) in [5.41, 5.74) is 5.12. The second-order valence-corrected chi connectivity index (χ2v) is 7.26. The number of phenols is 1. The average Bonchev–Trinajstić information content (AvgIpc) is 2.69. The number of rotatable bonds is 3. The maximum absolute atomic E-state index is 10.4. The van der Waals surface area contributed by atoms with Gasteiger partial charge in [0.1, 0.15) is 11.9 Å². The van der Waals surface area contributed by atoms with Crippen LogP contribution in [0.4, 0.5) is 0 Å². The molecule has 1 aliphatic heterocycles. The molecule has 136 valence electrons. The van der Waals surface area contributed by atoms with Gasteiger partial charge < -0.3 is 5.11 Å². The monoisotopic (exact) mass is 376 g/mol. The van der Waals surface area contributed by atoms with Crippen LogP contribution in [-0.4, -0.2) is 10.8 Å². The molecule has 0 aliphatic carbocycles. The Morgan fingerprint density at radius 1 is 0.926 bits per heavy atom. The lowest BCUT2D eigenvalue weighted by molar-refractivity contribution is 0.413. The standard InChI is InChI=1S/C23H21ClN2O/c1-15-10-12-16(13-11-15)20-14-21(18-7-3-5-9-22(18)27)26-23(25-20)17-6-2-4-8-19(17)24/h2-13,21,23,26-27H,14H2,1H3. The van der Waals surface area contributed by atoms with Gasteiger partial charge in [0.2, 0.25) is 0 Å². The highest BCUT2D eigenvalue weighted by Crippen LogP contribution is 2.35. The van der Waals surface area contributed by atoms with E-state index < -0.39 is 0 Å². The van der Waals surface area contributed by atoms with Gasteiger partial charge in [0, 0.05) is 34.3 Å². The zero-order chi connectivity index (χ0) is 18.8. The second-order valence-electron chi connectivity index (χ2n) is 6.85. The minimum absolute atomic E-state index is 0.0544. The maximum Gasteiger partial charge on any atom is 0.127 e. The van der Waals surface area contributed by atoms with Crippen LogP contribution in [0.2, 0.25) is 5.02 Å². The summed E-state index contributed by atoms with van der Waals surface area (Å²) in [4.78, 5) is 4.96. The maximum atomic E-state index is 10.4. The number of nitrogens with one attached hydrogen (secondary N) is 1. The van der Waals surface area contributed by atoms with Gasteiger partial charge in [0.15, 0.2) is 0 Å². The van der Waals surface area contributed by atoms with E-state index in [-0.39, 0.29) is 18.0 Å². The second kappa shape index (κ2) is 7.55. The molecule has 4 rings (SSSR count). The van der Waals surface area contributed by atoms with Crippen LogP contribution in [-0.2, 0) is 0 Å². The normalized spacial score (nSPS) is 19.6. The van der Waals surface area contributed by atoms with E-state index in [1.807, 2.05) is 42.5 Å². The van der Waals surface area contributed by atoms with Gasteiger partial charge in [0.05, 0.1) is 0 Å². The third-order valence-corrected chi connectivity index (χ3v) is 5.28. The molecule has 2 N–H and O–H groups in total. The molecule has 2 atom stereocenters. The van der Waals surface area contributed by atoms with Crippen molar-refractivity contribution in [1.82, 2.24) is 5.32 Å². The first-order valence-electron chi connectivity index (χ1n) is 9.04. The Bertz CT molecular complexity index is 982. The highest BCUT2D eigenvalue weighted by molar-refractivity contribution is 6.31. The highest BCUT2D eigenvalue weighted by atomic mass is 35.5. The fourth-order valence-corrected chi connectivity index (χ4v) is 3.70. The van der Waals surface area contributed by atoms with E-state index in [1.54, 1.807) is 6.07 Å². The van der Waals surface area contributed by atoms with Crippen molar-refractivity contribution in [3.05, 3.63) is 100 Å². The Kier molecular flexibility index (Phi) is 4.97. The fraction of sp³-hybridized carbons (Fsp3) is 0.174. The summed E-state index contributed by atoms with van der Waals surface area (Å²) >= 11 is 6.44. The summed E-state index contributed by atoms with van der Waals surface area (Å²) in [6, 6.07) is 23.5. The predicted molar refractivity (Wildman–Crippen MR) is 111 cm³/mol. The van der Waals surface area contributed by atoms with Crippen LogP contribution in [0.5, 0.6) is 5.75 Å². The molecule has 0 aromatic heterocycles. The molecule has 3 aromatic carbocycles. The van der Waals surface area contributed by atoms with Crippen LogP contribution in [0.1, 0.15) is 40.9 Å². The first-order chi connectivity index (χ1) is 13.1. The molecule has 1 aliphatic rings. The van der Waals surface area contributed by atoms with E-state index in [4.69, 9.17) is 16.6 Å². The van der Waals surface area contributed by atoms with Crippen LogP contribution < -0.4 is 5.32 Å². The molecule has 0 fully saturated rings. The first-order valence-corrected chi connectivity index (χ1v) is 9.41. The van der Waals surface area contributed by atoms with Gasteiger partial charge in [-0.15, -0.1) is 0 Å². The van der Waals surface area contributed by atoms with Gasteiger partial charge in [-0.05, 0) is 24.6 Å². The summed E-state index contributed by atoms with van der Waals surface area (Å²) in [5, 5.41) is 14.6. The lowest BCUT2D eigenvalue weighted by Crippen LogP contribution is -2.33. The summed E-state index contributed by atoms with van der Waals surface area (Å²) in [6.45, 7) is 2.07. The number of halogens is 1. The average molecular weight is 377 g/mol. The Balaban J connectivity index is 1.78. The van der Waals surface area contributed by atoms with Crippen molar-refractivity contribution in [3.8, 4) is 5.75 Å². The number of aromatic hydroxyl groups is 1. The number of para-hydroxylation sites is 1. The van der Waals surface area contributed by atoms with Crippen molar-refractivity contribution in [2.24, 2.45) is 4.99 Å². The third-order valence-electron chi connectivity index (χ3n) is 4.94. The van der Waals surface area contributed by atoms with E-state index in [9.17, 15) is 5.11 Å². The number of benzene rings is 3. The third kappa shape index (κ3) is 3.75. The Morgan fingerprint density at radius 2 is 1.59 bits per heavy atom. The molecule has 1 heterocycles. The number of hydrogen-bond acceptors (Lipinski definition) is 3. The first kappa shape index (κ1) is 17.8. The molecule has 27 heavy (non-hydrogen) atoms. The van der Waals surface area contributed by atoms with E-state index in [0.29, 0.717) is 11.4 Å². The molecule has 3 aromatic rings. The van der Waals surface area contributed by atoms with Crippen LogP contribution in [0.25, 0.3) is 0 Å². The van der Waals surface area contributed by atoms with Crippen molar-refractivity contribution < 1.29 is 5.11 Å². The molecule has 2 unspecified atom stereocenters. The summed E-state index contributed by atoms with van der Waals surface area (Å²) < 4.78 is 0. The SMILES string of the molecule is Cc1ccc(C2=NC(c3ccccc3Cl)NC(c3ccccc3O)C2)cc1. The summed E-state index contributed by atoms with van der Waals surface area (Å²) in [5.74, 6) is 0.290. The van der Waals surface area contributed by atoms with Gasteiger partial charge >= 0.3 is 0 Å². The van der Waals surface area contributed by atoms with E-state index >= 15 is 0 Å². The lowest BCUT2D eigenvalue weighted by atomic mass is 9.93. The smallest absolute Gasteiger partial charge is 0.127 e. The molecule has 0 spiro atoms. The minimum atomic E-state index is -0.270.